The molecule has 1 heterocycles. The van der Waals surface area contributed by atoms with Gasteiger partial charge in [0.2, 0.25) is 0 Å². The van der Waals surface area contributed by atoms with Crippen molar-refractivity contribution in [2.24, 2.45) is 0 Å². The van der Waals surface area contributed by atoms with Crippen molar-refractivity contribution in [2.75, 3.05) is 28.7 Å². The van der Waals surface area contributed by atoms with E-state index in [1.165, 1.54) is 0 Å². The third kappa shape index (κ3) is 4.79. The Morgan fingerprint density at radius 3 is 2.42 bits per heavy atom. The summed E-state index contributed by atoms with van der Waals surface area (Å²) in [5, 5.41) is 17.3. The minimum Gasteiger partial charge on any atom is -0.397 e. The van der Waals surface area contributed by atoms with E-state index in [0.29, 0.717) is 16.9 Å². The van der Waals surface area contributed by atoms with Crippen LogP contribution in [0.3, 0.4) is 0 Å². The van der Waals surface area contributed by atoms with Gasteiger partial charge in [0.05, 0.1) is 17.1 Å². The Hall–Kier alpha value is -4.39. The molecule has 0 aliphatic carbocycles. The zero-order chi connectivity index (χ0) is 21.6. The number of rotatable bonds is 6. The maximum absolute atomic E-state index is 12.7. The predicted molar refractivity (Wildman–Crippen MR) is 126 cm³/mol. The SMILES string of the molecule is CNc1ccc(N)c(NC(=O)c2cccc(Nc3ccc(-c4cccnn4)cc3)c2)c1. The molecule has 0 aliphatic heterocycles. The van der Waals surface area contributed by atoms with Crippen LogP contribution < -0.4 is 21.7 Å². The standard InChI is InChI=1S/C24H22N6O/c1-26-19-11-12-21(25)23(15-19)29-24(31)17-4-2-5-20(14-17)28-18-9-7-16(8-10-18)22-6-3-13-27-30-22/h2-15,26,28H,25H2,1H3,(H,29,31). The fraction of sp³-hybridized carbons (Fsp3) is 0.0417. The Labute approximate surface area is 180 Å². The number of nitrogens with two attached hydrogens (primary N) is 1. The number of anilines is 5. The van der Waals surface area contributed by atoms with Crippen LogP contribution in [0.5, 0.6) is 0 Å². The molecule has 0 radical (unpaired) electrons. The van der Waals surface area contributed by atoms with Gasteiger partial charge in [-0.15, -0.1) is 0 Å². The van der Waals surface area contributed by atoms with Crippen LogP contribution in [0.1, 0.15) is 10.4 Å². The molecule has 4 aromatic rings. The molecule has 1 amide bonds. The second kappa shape index (κ2) is 8.96. The second-order valence-corrected chi connectivity index (χ2v) is 6.90. The van der Waals surface area contributed by atoms with E-state index in [-0.39, 0.29) is 5.91 Å². The number of nitrogen functional groups attached to an aromatic ring is 1. The number of benzene rings is 3. The molecule has 31 heavy (non-hydrogen) atoms. The van der Waals surface area contributed by atoms with Crippen LogP contribution in [-0.2, 0) is 0 Å². The van der Waals surface area contributed by atoms with Gasteiger partial charge in [-0.05, 0) is 60.7 Å². The maximum Gasteiger partial charge on any atom is 0.255 e. The molecule has 0 atom stereocenters. The fourth-order valence-corrected chi connectivity index (χ4v) is 3.10. The van der Waals surface area contributed by atoms with E-state index < -0.39 is 0 Å². The number of aromatic nitrogens is 2. The van der Waals surface area contributed by atoms with E-state index in [1.807, 2.05) is 61.6 Å². The van der Waals surface area contributed by atoms with Crippen LogP contribution in [0.15, 0.2) is 85.1 Å². The van der Waals surface area contributed by atoms with Gasteiger partial charge in [0.15, 0.2) is 0 Å². The molecular weight excluding hydrogens is 388 g/mol. The number of hydrogen-bond donors (Lipinski definition) is 4. The first-order valence-electron chi connectivity index (χ1n) is 9.76. The highest BCUT2D eigenvalue weighted by Gasteiger charge is 2.10. The molecule has 0 aliphatic rings. The van der Waals surface area contributed by atoms with Crippen molar-refractivity contribution in [1.29, 1.82) is 0 Å². The number of hydrogen-bond acceptors (Lipinski definition) is 6. The smallest absolute Gasteiger partial charge is 0.255 e. The largest absolute Gasteiger partial charge is 0.397 e. The number of nitrogens with one attached hydrogen (secondary N) is 3. The molecule has 0 saturated carbocycles. The zero-order valence-electron chi connectivity index (χ0n) is 17.0. The van der Waals surface area contributed by atoms with Crippen molar-refractivity contribution in [3.05, 3.63) is 90.6 Å². The van der Waals surface area contributed by atoms with Crippen molar-refractivity contribution in [1.82, 2.24) is 10.2 Å². The van der Waals surface area contributed by atoms with Gasteiger partial charge in [-0.25, -0.2) is 0 Å². The lowest BCUT2D eigenvalue weighted by molar-refractivity contribution is 0.102. The molecule has 0 saturated heterocycles. The topological polar surface area (TPSA) is 105 Å². The van der Waals surface area contributed by atoms with E-state index >= 15 is 0 Å². The first kappa shape index (κ1) is 19.9. The summed E-state index contributed by atoms with van der Waals surface area (Å²) >= 11 is 0. The van der Waals surface area contributed by atoms with Crippen LogP contribution >= 0.6 is 0 Å². The van der Waals surface area contributed by atoms with E-state index in [4.69, 9.17) is 5.73 Å². The molecule has 0 bridgehead atoms. The molecule has 154 valence electrons. The van der Waals surface area contributed by atoms with Crippen LogP contribution in [0.2, 0.25) is 0 Å². The second-order valence-electron chi connectivity index (χ2n) is 6.90. The Morgan fingerprint density at radius 1 is 0.871 bits per heavy atom. The molecule has 5 N–H and O–H groups in total. The Morgan fingerprint density at radius 2 is 1.68 bits per heavy atom. The third-order valence-corrected chi connectivity index (χ3v) is 4.76. The summed E-state index contributed by atoms with van der Waals surface area (Å²) in [6.45, 7) is 0. The molecular formula is C24H22N6O. The zero-order valence-corrected chi connectivity index (χ0v) is 17.0. The predicted octanol–water partition coefficient (Wildman–Crippen LogP) is 4.76. The minimum atomic E-state index is -0.235. The fourth-order valence-electron chi connectivity index (χ4n) is 3.10. The summed E-state index contributed by atoms with van der Waals surface area (Å²) < 4.78 is 0. The molecule has 0 spiro atoms. The number of carbonyl (C=O) groups is 1. The van der Waals surface area contributed by atoms with Gasteiger partial charge in [0, 0.05) is 41.4 Å². The molecule has 0 fully saturated rings. The van der Waals surface area contributed by atoms with Gasteiger partial charge in [-0.2, -0.15) is 10.2 Å². The van der Waals surface area contributed by atoms with Crippen molar-refractivity contribution in [3.63, 3.8) is 0 Å². The molecule has 0 unspecified atom stereocenters. The highest BCUT2D eigenvalue weighted by Crippen LogP contribution is 2.25. The van der Waals surface area contributed by atoms with Crippen LogP contribution in [-0.4, -0.2) is 23.2 Å². The number of amides is 1. The highest BCUT2D eigenvalue weighted by molar-refractivity contribution is 6.06. The average Bonchev–Trinajstić information content (AvgIpc) is 2.82. The molecule has 1 aromatic heterocycles. The first-order chi connectivity index (χ1) is 15.1. The average molecular weight is 410 g/mol. The van der Waals surface area contributed by atoms with Gasteiger partial charge >= 0.3 is 0 Å². The minimum absolute atomic E-state index is 0.235. The maximum atomic E-state index is 12.7. The summed E-state index contributed by atoms with van der Waals surface area (Å²) in [5.41, 5.74) is 11.9. The van der Waals surface area contributed by atoms with Crippen LogP contribution in [0, 0.1) is 0 Å². The Bertz CT molecular complexity index is 1190. The van der Waals surface area contributed by atoms with Crippen molar-refractivity contribution < 1.29 is 4.79 Å². The van der Waals surface area contributed by atoms with Gasteiger partial charge in [-0.1, -0.05) is 18.2 Å². The molecule has 7 heteroatoms. The Balaban J connectivity index is 1.48. The van der Waals surface area contributed by atoms with Gasteiger partial charge in [-0.3, -0.25) is 4.79 Å². The van der Waals surface area contributed by atoms with Crippen molar-refractivity contribution in [2.45, 2.75) is 0 Å². The van der Waals surface area contributed by atoms with Crippen LogP contribution in [0.25, 0.3) is 11.3 Å². The number of nitrogens with zero attached hydrogens (tertiary/aromatic N) is 2. The monoisotopic (exact) mass is 410 g/mol. The van der Waals surface area contributed by atoms with E-state index in [2.05, 4.69) is 26.1 Å². The summed E-state index contributed by atoms with van der Waals surface area (Å²) in [4.78, 5) is 12.7. The van der Waals surface area contributed by atoms with Gasteiger partial charge < -0.3 is 21.7 Å². The summed E-state index contributed by atoms with van der Waals surface area (Å²) in [5.74, 6) is -0.235. The lowest BCUT2D eigenvalue weighted by Gasteiger charge is -2.12. The molecule has 3 aromatic carbocycles. The first-order valence-corrected chi connectivity index (χ1v) is 9.76. The van der Waals surface area contributed by atoms with E-state index in [1.54, 1.807) is 30.5 Å². The van der Waals surface area contributed by atoms with Gasteiger partial charge in [0.25, 0.3) is 5.91 Å². The summed E-state index contributed by atoms with van der Waals surface area (Å²) in [7, 11) is 1.81. The van der Waals surface area contributed by atoms with E-state index in [9.17, 15) is 4.79 Å². The Kier molecular flexibility index (Phi) is 5.75. The molecule has 4 rings (SSSR count). The van der Waals surface area contributed by atoms with Gasteiger partial charge in [0.1, 0.15) is 0 Å². The number of carbonyl (C=O) groups excluding carboxylic acids is 1. The lowest BCUT2D eigenvalue weighted by atomic mass is 10.1. The van der Waals surface area contributed by atoms with E-state index in [0.717, 1.165) is 28.3 Å². The van der Waals surface area contributed by atoms with Crippen molar-refractivity contribution >= 4 is 34.3 Å². The normalized spacial score (nSPS) is 10.4. The highest BCUT2D eigenvalue weighted by atomic mass is 16.1. The lowest BCUT2D eigenvalue weighted by Crippen LogP contribution is -2.13. The van der Waals surface area contributed by atoms with Crippen LogP contribution in [0.4, 0.5) is 28.4 Å². The molecule has 7 nitrogen and oxygen atoms in total. The van der Waals surface area contributed by atoms with Crippen molar-refractivity contribution in [3.8, 4) is 11.3 Å². The third-order valence-electron chi connectivity index (χ3n) is 4.76. The summed E-state index contributed by atoms with van der Waals surface area (Å²) in [6, 6.07) is 24.3. The summed E-state index contributed by atoms with van der Waals surface area (Å²) in [6.07, 6.45) is 1.65. The quantitative estimate of drug-likeness (QED) is 0.342.